The molecule has 0 atom stereocenters. The minimum absolute atomic E-state index is 0.120. The summed E-state index contributed by atoms with van der Waals surface area (Å²) in [7, 11) is 0. The molecule has 0 aromatic carbocycles. The van der Waals surface area contributed by atoms with Gasteiger partial charge < -0.3 is 10.4 Å². The van der Waals surface area contributed by atoms with Gasteiger partial charge in [-0.15, -0.1) is 0 Å². The predicted molar refractivity (Wildman–Crippen MR) is 71.8 cm³/mol. The van der Waals surface area contributed by atoms with Crippen LogP contribution < -0.4 is 10.9 Å². The molecule has 0 saturated heterocycles. The van der Waals surface area contributed by atoms with Crippen molar-refractivity contribution in [2.24, 2.45) is 5.41 Å². The molecule has 0 fully saturated rings. The number of nitrogens with one attached hydrogen (secondary N) is 1. The Kier molecular flexibility index (Phi) is 4.79. The third-order valence-corrected chi connectivity index (χ3v) is 2.80. The molecule has 0 aliphatic heterocycles. The molecule has 0 radical (unpaired) electrons. The monoisotopic (exact) mass is 297 g/mol. The smallest absolute Gasteiger partial charge is 0.310 e. The normalized spacial score (nSPS) is 11.0. The van der Waals surface area contributed by atoms with E-state index in [4.69, 9.17) is 5.11 Å². The molecule has 0 unspecified atom stereocenters. The number of aliphatic carboxylic acids is 1. The zero-order chi connectivity index (χ0) is 16.2. The third kappa shape index (κ3) is 4.41. The average molecular weight is 297 g/mol. The summed E-state index contributed by atoms with van der Waals surface area (Å²) < 4.78 is 0.890. The Morgan fingerprint density at radius 3 is 2.57 bits per heavy atom. The number of carboxylic acid groups (broad SMARTS) is 1. The summed E-state index contributed by atoms with van der Waals surface area (Å²) in [6, 6.07) is 2.04. The van der Waals surface area contributed by atoms with Gasteiger partial charge in [0.25, 0.3) is 11.2 Å². The zero-order valence-electron chi connectivity index (χ0n) is 11.5. The van der Waals surface area contributed by atoms with Gasteiger partial charge in [0.2, 0.25) is 5.91 Å². The van der Waals surface area contributed by atoms with Crippen LogP contribution in [0.2, 0.25) is 0 Å². The van der Waals surface area contributed by atoms with Crippen molar-refractivity contribution in [3.63, 3.8) is 0 Å². The van der Waals surface area contributed by atoms with Crippen molar-refractivity contribution in [1.82, 2.24) is 9.88 Å². The molecule has 114 valence electrons. The van der Waals surface area contributed by atoms with Crippen LogP contribution in [0, 0.1) is 15.5 Å². The van der Waals surface area contributed by atoms with Gasteiger partial charge in [0, 0.05) is 18.7 Å². The number of aromatic nitrogens is 1. The van der Waals surface area contributed by atoms with E-state index in [9.17, 15) is 24.5 Å². The molecule has 2 N–H and O–H groups in total. The highest BCUT2D eigenvalue weighted by atomic mass is 16.6. The molecule has 9 nitrogen and oxygen atoms in total. The van der Waals surface area contributed by atoms with Crippen molar-refractivity contribution in [3.05, 3.63) is 38.8 Å². The standard InChI is InChI=1S/C12H15N3O6/c1-12(2,11(18)19)7-13-9(16)6-14-5-8(15(20)21)3-4-10(14)17/h3-5H,6-7H2,1-2H3,(H,13,16)(H,18,19). The number of carboxylic acids is 1. The summed E-state index contributed by atoms with van der Waals surface area (Å²) in [5, 5.41) is 21.9. The van der Waals surface area contributed by atoms with Gasteiger partial charge in [0.05, 0.1) is 16.5 Å². The van der Waals surface area contributed by atoms with Crippen molar-refractivity contribution >= 4 is 17.6 Å². The van der Waals surface area contributed by atoms with Crippen LogP contribution in [-0.2, 0) is 16.1 Å². The van der Waals surface area contributed by atoms with Crippen LogP contribution in [0.15, 0.2) is 23.1 Å². The van der Waals surface area contributed by atoms with Crippen molar-refractivity contribution in [3.8, 4) is 0 Å². The lowest BCUT2D eigenvalue weighted by molar-refractivity contribution is -0.385. The molecule has 0 aliphatic rings. The van der Waals surface area contributed by atoms with Gasteiger partial charge in [-0.05, 0) is 13.8 Å². The van der Waals surface area contributed by atoms with E-state index in [0.29, 0.717) is 0 Å². The Bertz CT molecular complexity index is 634. The van der Waals surface area contributed by atoms with E-state index in [1.165, 1.54) is 13.8 Å². The number of hydrogen-bond donors (Lipinski definition) is 2. The second-order valence-electron chi connectivity index (χ2n) is 5.08. The highest BCUT2D eigenvalue weighted by molar-refractivity contribution is 5.78. The van der Waals surface area contributed by atoms with Crippen molar-refractivity contribution in [2.75, 3.05) is 6.54 Å². The Morgan fingerprint density at radius 2 is 2.05 bits per heavy atom. The first-order valence-electron chi connectivity index (χ1n) is 5.98. The van der Waals surface area contributed by atoms with Crippen molar-refractivity contribution in [1.29, 1.82) is 0 Å². The molecule has 0 bridgehead atoms. The second-order valence-corrected chi connectivity index (χ2v) is 5.08. The van der Waals surface area contributed by atoms with Crippen LogP contribution in [0.3, 0.4) is 0 Å². The number of carbonyl (C=O) groups is 2. The molecule has 9 heteroatoms. The van der Waals surface area contributed by atoms with Crippen LogP contribution >= 0.6 is 0 Å². The fourth-order valence-corrected chi connectivity index (χ4v) is 1.36. The Balaban J connectivity index is 2.76. The van der Waals surface area contributed by atoms with Gasteiger partial charge in [-0.2, -0.15) is 0 Å². The summed E-state index contributed by atoms with van der Waals surface area (Å²) in [6.45, 7) is 2.34. The number of pyridine rings is 1. The Morgan fingerprint density at radius 1 is 1.43 bits per heavy atom. The first-order chi connectivity index (χ1) is 9.63. The molecule has 21 heavy (non-hydrogen) atoms. The zero-order valence-corrected chi connectivity index (χ0v) is 11.5. The number of carbonyl (C=O) groups excluding carboxylic acids is 1. The van der Waals surface area contributed by atoms with Gasteiger partial charge in [-0.25, -0.2) is 0 Å². The number of nitro groups is 1. The molecule has 1 heterocycles. The molecular formula is C12H15N3O6. The number of hydrogen-bond acceptors (Lipinski definition) is 5. The molecule has 1 rings (SSSR count). The molecule has 1 aromatic rings. The summed E-state index contributed by atoms with van der Waals surface area (Å²) in [5.41, 5.74) is -2.02. The average Bonchev–Trinajstić information content (AvgIpc) is 2.38. The molecule has 1 amide bonds. The SMILES string of the molecule is CC(C)(CNC(=O)Cn1cc([N+](=O)[O-])ccc1=O)C(=O)O. The Labute approximate surface area is 119 Å². The third-order valence-electron chi connectivity index (χ3n) is 2.80. The maximum Gasteiger partial charge on any atom is 0.310 e. The van der Waals surface area contributed by atoms with E-state index in [1.807, 2.05) is 0 Å². The first kappa shape index (κ1) is 16.3. The van der Waals surface area contributed by atoms with Gasteiger partial charge >= 0.3 is 5.97 Å². The van der Waals surface area contributed by atoms with Crippen LogP contribution in [0.5, 0.6) is 0 Å². The summed E-state index contributed by atoms with van der Waals surface area (Å²) in [5.74, 6) is -1.68. The lowest BCUT2D eigenvalue weighted by Gasteiger charge is -2.19. The minimum Gasteiger partial charge on any atom is -0.481 e. The minimum atomic E-state index is -1.15. The highest BCUT2D eigenvalue weighted by Crippen LogP contribution is 2.13. The first-order valence-corrected chi connectivity index (χ1v) is 5.98. The maximum absolute atomic E-state index is 11.7. The van der Waals surface area contributed by atoms with Gasteiger partial charge in [-0.3, -0.25) is 29.1 Å². The number of rotatable bonds is 6. The lowest BCUT2D eigenvalue weighted by Crippen LogP contribution is -2.41. The van der Waals surface area contributed by atoms with Gasteiger partial charge in [-0.1, -0.05) is 0 Å². The molecular weight excluding hydrogens is 282 g/mol. The molecule has 0 spiro atoms. The molecule has 0 saturated carbocycles. The van der Waals surface area contributed by atoms with E-state index in [1.54, 1.807) is 0 Å². The van der Waals surface area contributed by atoms with E-state index < -0.39 is 34.3 Å². The highest BCUT2D eigenvalue weighted by Gasteiger charge is 2.27. The van der Waals surface area contributed by atoms with Crippen molar-refractivity contribution < 1.29 is 19.6 Å². The van der Waals surface area contributed by atoms with Gasteiger partial charge in [0.1, 0.15) is 6.54 Å². The fraction of sp³-hybridized carbons (Fsp3) is 0.417. The van der Waals surface area contributed by atoms with Crippen LogP contribution in [0.25, 0.3) is 0 Å². The van der Waals surface area contributed by atoms with Crippen LogP contribution in [-0.4, -0.2) is 33.0 Å². The number of amides is 1. The van der Waals surface area contributed by atoms with E-state index in [2.05, 4.69) is 5.32 Å². The van der Waals surface area contributed by atoms with E-state index in [0.717, 1.165) is 22.9 Å². The second kappa shape index (κ2) is 6.16. The van der Waals surface area contributed by atoms with E-state index >= 15 is 0 Å². The van der Waals surface area contributed by atoms with Crippen LogP contribution in [0.4, 0.5) is 5.69 Å². The molecule has 0 aliphatic carbocycles. The maximum atomic E-state index is 11.7. The summed E-state index contributed by atoms with van der Waals surface area (Å²) in [4.78, 5) is 44.0. The summed E-state index contributed by atoms with van der Waals surface area (Å²) in [6.07, 6.45) is 0.963. The largest absolute Gasteiger partial charge is 0.481 e. The van der Waals surface area contributed by atoms with E-state index in [-0.39, 0.29) is 12.2 Å². The topological polar surface area (TPSA) is 132 Å². The molecule has 1 aromatic heterocycles. The summed E-state index contributed by atoms with van der Waals surface area (Å²) >= 11 is 0. The quantitative estimate of drug-likeness (QED) is 0.560. The fourth-order valence-electron chi connectivity index (χ4n) is 1.36. The lowest BCUT2D eigenvalue weighted by atomic mass is 9.94. The van der Waals surface area contributed by atoms with Gasteiger partial charge in [0.15, 0.2) is 0 Å². The van der Waals surface area contributed by atoms with Crippen molar-refractivity contribution in [2.45, 2.75) is 20.4 Å². The van der Waals surface area contributed by atoms with Crippen LogP contribution in [0.1, 0.15) is 13.8 Å². The number of nitrogens with zero attached hydrogens (tertiary/aromatic N) is 2. The Hall–Kier alpha value is -2.71. The predicted octanol–water partition coefficient (Wildman–Crippen LogP) is -0.0165.